The molecule has 1 saturated heterocycles. The van der Waals surface area contributed by atoms with E-state index in [4.69, 9.17) is 4.74 Å². The molecule has 17 heavy (non-hydrogen) atoms. The van der Waals surface area contributed by atoms with Crippen LogP contribution in [0, 0.1) is 11.2 Å². The van der Waals surface area contributed by atoms with Crippen molar-refractivity contribution in [2.45, 2.75) is 32.9 Å². The van der Waals surface area contributed by atoms with E-state index in [0.29, 0.717) is 6.61 Å². The highest BCUT2D eigenvalue weighted by molar-refractivity contribution is 5.20. The van der Waals surface area contributed by atoms with Crippen LogP contribution in [0.4, 0.5) is 4.39 Å². The molecule has 2 atom stereocenters. The smallest absolute Gasteiger partial charge is 0.123 e. The molecule has 2 nitrogen and oxygen atoms in total. The fourth-order valence-corrected chi connectivity index (χ4v) is 2.12. The van der Waals surface area contributed by atoms with Crippen LogP contribution in [-0.2, 0) is 4.74 Å². The zero-order valence-electron chi connectivity index (χ0n) is 10.7. The van der Waals surface area contributed by atoms with E-state index >= 15 is 0 Å². The average Bonchev–Trinajstić information content (AvgIpc) is 2.39. The third-order valence-corrected chi connectivity index (χ3v) is 3.19. The van der Waals surface area contributed by atoms with E-state index in [2.05, 4.69) is 26.1 Å². The van der Waals surface area contributed by atoms with Crippen molar-refractivity contribution in [2.24, 2.45) is 5.41 Å². The van der Waals surface area contributed by atoms with Gasteiger partial charge in [0.15, 0.2) is 0 Å². The first-order valence-electron chi connectivity index (χ1n) is 6.08. The lowest BCUT2D eigenvalue weighted by Gasteiger charge is -2.22. The number of ether oxygens (including phenoxy) is 1. The fraction of sp³-hybridized carbons (Fsp3) is 0.571. The predicted octanol–water partition coefficient (Wildman–Crippen LogP) is 2.90. The van der Waals surface area contributed by atoms with Gasteiger partial charge in [0.25, 0.3) is 0 Å². The molecule has 0 radical (unpaired) electrons. The van der Waals surface area contributed by atoms with Crippen molar-refractivity contribution in [1.82, 2.24) is 5.32 Å². The Morgan fingerprint density at radius 1 is 1.41 bits per heavy atom. The molecule has 0 aliphatic carbocycles. The molecule has 2 unspecified atom stereocenters. The standard InChI is InChI=1S/C14H20FNO/c1-10-13(11-5-4-6-12(15)7-11)17-9-14(2,3)8-16-10/h4-7,10,13,16H,8-9H2,1-3H3. The molecule has 0 saturated carbocycles. The molecule has 1 aromatic carbocycles. The van der Waals surface area contributed by atoms with Crippen molar-refractivity contribution in [3.8, 4) is 0 Å². The lowest BCUT2D eigenvalue weighted by Crippen LogP contribution is -2.35. The lowest BCUT2D eigenvalue weighted by molar-refractivity contribution is 0.0125. The Labute approximate surface area is 102 Å². The van der Waals surface area contributed by atoms with Crippen molar-refractivity contribution in [2.75, 3.05) is 13.2 Å². The molecule has 1 N–H and O–H groups in total. The van der Waals surface area contributed by atoms with E-state index < -0.39 is 0 Å². The van der Waals surface area contributed by atoms with Gasteiger partial charge < -0.3 is 10.1 Å². The van der Waals surface area contributed by atoms with Gasteiger partial charge >= 0.3 is 0 Å². The third-order valence-electron chi connectivity index (χ3n) is 3.19. The molecule has 0 spiro atoms. The zero-order chi connectivity index (χ0) is 12.5. The molecule has 94 valence electrons. The van der Waals surface area contributed by atoms with Crippen molar-refractivity contribution < 1.29 is 9.13 Å². The third kappa shape index (κ3) is 3.05. The monoisotopic (exact) mass is 237 g/mol. The predicted molar refractivity (Wildman–Crippen MR) is 66.3 cm³/mol. The molecular weight excluding hydrogens is 217 g/mol. The molecule has 1 heterocycles. The van der Waals surface area contributed by atoms with E-state index in [0.717, 1.165) is 12.1 Å². The van der Waals surface area contributed by atoms with Crippen molar-refractivity contribution in [3.63, 3.8) is 0 Å². The molecular formula is C14H20FNO. The normalized spacial score (nSPS) is 28.7. The summed E-state index contributed by atoms with van der Waals surface area (Å²) >= 11 is 0. The minimum atomic E-state index is -0.207. The Kier molecular flexibility index (Phi) is 3.50. The zero-order valence-corrected chi connectivity index (χ0v) is 10.7. The maximum absolute atomic E-state index is 13.2. The van der Waals surface area contributed by atoms with Crippen molar-refractivity contribution in [1.29, 1.82) is 0 Å². The highest BCUT2D eigenvalue weighted by Gasteiger charge is 2.30. The summed E-state index contributed by atoms with van der Waals surface area (Å²) in [5.41, 5.74) is 1.03. The molecule has 1 aliphatic heterocycles. The Bertz CT molecular complexity index is 392. The molecule has 2 rings (SSSR count). The van der Waals surface area contributed by atoms with Crippen LogP contribution in [0.25, 0.3) is 0 Å². The Morgan fingerprint density at radius 3 is 2.88 bits per heavy atom. The van der Waals surface area contributed by atoms with E-state index in [9.17, 15) is 4.39 Å². The first kappa shape index (κ1) is 12.5. The number of rotatable bonds is 1. The van der Waals surface area contributed by atoms with Crippen LogP contribution < -0.4 is 5.32 Å². The average molecular weight is 237 g/mol. The summed E-state index contributed by atoms with van der Waals surface area (Å²) in [6.07, 6.45) is -0.0764. The van der Waals surface area contributed by atoms with E-state index in [-0.39, 0.29) is 23.4 Å². The minimum Gasteiger partial charge on any atom is -0.371 e. The summed E-state index contributed by atoms with van der Waals surface area (Å²) in [7, 11) is 0. The Morgan fingerprint density at radius 2 is 2.18 bits per heavy atom. The SMILES string of the molecule is CC1NCC(C)(C)COC1c1cccc(F)c1. The van der Waals surface area contributed by atoms with E-state index in [1.807, 2.05) is 6.07 Å². The number of halogens is 1. The van der Waals surface area contributed by atoms with Gasteiger partial charge in [-0.25, -0.2) is 4.39 Å². The van der Waals surface area contributed by atoms with Gasteiger partial charge in [-0.15, -0.1) is 0 Å². The number of hydrogen-bond acceptors (Lipinski definition) is 2. The highest BCUT2D eigenvalue weighted by Crippen LogP contribution is 2.28. The van der Waals surface area contributed by atoms with Crippen LogP contribution in [-0.4, -0.2) is 19.2 Å². The molecule has 0 aromatic heterocycles. The topological polar surface area (TPSA) is 21.3 Å². The summed E-state index contributed by atoms with van der Waals surface area (Å²) in [5.74, 6) is -0.207. The van der Waals surface area contributed by atoms with Gasteiger partial charge in [-0.2, -0.15) is 0 Å². The van der Waals surface area contributed by atoms with Gasteiger partial charge in [0.2, 0.25) is 0 Å². The summed E-state index contributed by atoms with van der Waals surface area (Å²) in [5, 5.41) is 3.46. The maximum Gasteiger partial charge on any atom is 0.123 e. The maximum atomic E-state index is 13.2. The molecule has 1 aliphatic rings. The number of benzene rings is 1. The quantitative estimate of drug-likeness (QED) is 0.811. The van der Waals surface area contributed by atoms with Gasteiger partial charge in [-0.05, 0) is 24.6 Å². The van der Waals surface area contributed by atoms with Crippen LogP contribution in [0.15, 0.2) is 24.3 Å². The summed E-state index contributed by atoms with van der Waals surface area (Å²) < 4.78 is 19.2. The van der Waals surface area contributed by atoms with Gasteiger partial charge in [-0.3, -0.25) is 0 Å². The Balaban J connectivity index is 2.20. The largest absolute Gasteiger partial charge is 0.371 e. The number of nitrogens with one attached hydrogen (secondary N) is 1. The van der Waals surface area contributed by atoms with E-state index in [1.165, 1.54) is 6.07 Å². The van der Waals surface area contributed by atoms with Crippen LogP contribution >= 0.6 is 0 Å². The van der Waals surface area contributed by atoms with Crippen LogP contribution in [0.1, 0.15) is 32.4 Å². The Hall–Kier alpha value is -0.930. The van der Waals surface area contributed by atoms with Gasteiger partial charge in [0, 0.05) is 18.0 Å². The van der Waals surface area contributed by atoms with Gasteiger partial charge in [-0.1, -0.05) is 26.0 Å². The first-order valence-corrected chi connectivity index (χ1v) is 6.08. The van der Waals surface area contributed by atoms with Crippen molar-refractivity contribution in [3.05, 3.63) is 35.6 Å². The highest BCUT2D eigenvalue weighted by atomic mass is 19.1. The minimum absolute atomic E-state index is 0.0764. The summed E-state index contributed by atoms with van der Waals surface area (Å²) in [6, 6.07) is 6.86. The second-order valence-corrected chi connectivity index (χ2v) is 5.62. The summed E-state index contributed by atoms with van der Waals surface area (Å²) in [4.78, 5) is 0. The van der Waals surface area contributed by atoms with Gasteiger partial charge in [0.05, 0.1) is 12.7 Å². The van der Waals surface area contributed by atoms with E-state index in [1.54, 1.807) is 12.1 Å². The van der Waals surface area contributed by atoms with Crippen LogP contribution in [0.3, 0.4) is 0 Å². The molecule has 0 bridgehead atoms. The van der Waals surface area contributed by atoms with Gasteiger partial charge in [0.1, 0.15) is 5.82 Å². The molecule has 1 fully saturated rings. The molecule has 3 heteroatoms. The summed E-state index contributed by atoms with van der Waals surface area (Å²) in [6.45, 7) is 8.02. The second kappa shape index (κ2) is 4.75. The fourth-order valence-electron chi connectivity index (χ4n) is 2.12. The first-order chi connectivity index (χ1) is 7.98. The lowest BCUT2D eigenvalue weighted by atomic mass is 9.95. The van der Waals surface area contributed by atoms with Crippen LogP contribution in [0.2, 0.25) is 0 Å². The molecule has 1 aromatic rings. The van der Waals surface area contributed by atoms with Crippen molar-refractivity contribution >= 4 is 0 Å². The number of hydrogen-bond donors (Lipinski definition) is 1. The molecule has 0 amide bonds. The van der Waals surface area contributed by atoms with Crippen LogP contribution in [0.5, 0.6) is 0 Å². The second-order valence-electron chi connectivity index (χ2n) is 5.62.